The van der Waals surface area contributed by atoms with Crippen LogP contribution in [0.5, 0.6) is 0 Å². The highest BCUT2D eigenvalue weighted by Gasteiger charge is 2.20. The highest BCUT2D eigenvalue weighted by Crippen LogP contribution is 2.25. The number of nitrogens with one attached hydrogen (secondary N) is 1. The van der Waals surface area contributed by atoms with E-state index in [1.54, 1.807) is 0 Å². The van der Waals surface area contributed by atoms with E-state index in [0.29, 0.717) is 0 Å². The Labute approximate surface area is 134 Å². The number of likely N-dealkylation sites (N-methyl/N-ethyl adjacent to an activating group) is 1. The standard InChI is InChI=1S/C17H28ClN3/c1-4-9-21(11-10-20(2)3)16-8-5-14(17(18)12-16)13-19-15-6-7-15/h5,8,12,15,19H,4,6-7,9-11,13H2,1-3H3. The normalized spacial score (nSPS) is 14.7. The first kappa shape index (κ1) is 16.6. The number of rotatable bonds is 9. The van der Waals surface area contributed by atoms with Gasteiger partial charge in [-0.05, 0) is 51.1 Å². The molecule has 0 spiro atoms. The molecule has 0 unspecified atom stereocenters. The van der Waals surface area contributed by atoms with Gasteiger partial charge in [0.2, 0.25) is 0 Å². The van der Waals surface area contributed by atoms with Crippen molar-refractivity contribution in [1.29, 1.82) is 0 Å². The molecule has 1 aromatic carbocycles. The molecule has 0 atom stereocenters. The van der Waals surface area contributed by atoms with Crippen molar-refractivity contribution in [3.8, 4) is 0 Å². The number of hydrogen-bond donors (Lipinski definition) is 1. The van der Waals surface area contributed by atoms with Crippen LogP contribution < -0.4 is 10.2 Å². The topological polar surface area (TPSA) is 18.5 Å². The van der Waals surface area contributed by atoms with Gasteiger partial charge in [-0.25, -0.2) is 0 Å². The summed E-state index contributed by atoms with van der Waals surface area (Å²) >= 11 is 6.46. The lowest BCUT2D eigenvalue weighted by Crippen LogP contribution is -2.32. The van der Waals surface area contributed by atoms with Gasteiger partial charge in [0.05, 0.1) is 0 Å². The van der Waals surface area contributed by atoms with Gasteiger partial charge in [-0.2, -0.15) is 0 Å². The first-order valence-corrected chi connectivity index (χ1v) is 8.39. The molecule has 21 heavy (non-hydrogen) atoms. The summed E-state index contributed by atoms with van der Waals surface area (Å²) in [5, 5.41) is 4.40. The summed E-state index contributed by atoms with van der Waals surface area (Å²) in [5.74, 6) is 0. The number of hydrogen-bond acceptors (Lipinski definition) is 3. The minimum Gasteiger partial charge on any atom is -0.370 e. The summed E-state index contributed by atoms with van der Waals surface area (Å²) in [4.78, 5) is 4.64. The second kappa shape index (κ2) is 8.02. The van der Waals surface area contributed by atoms with Crippen molar-refractivity contribution in [1.82, 2.24) is 10.2 Å². The molecule has 0 saturated heterocycles. The summed E-state index contributed by atoms with van der Waals surface area (Å²) in [6.07, 6.45) is 3.77. The molecular weight excluding hydrogens is 282 g/mol. The first-order valence-electron chi connectivity index (χ1n) is 8.01. The molecule has 3 nitrogen and oxygen atoms in total. The summed E-state index contributed by atoms with van der Waals surface area (Å²) in [5.41, 5.74) is 2.44. The zero-order valence-electron chi connectivity index (χ0n) is 13.5. The zero-order valence-corrected chi connectivity index (χ0v) is 14.3. The van der Waals surface area contributed by atoms with E-state index in [4.69, 9.17) is 11.6 Å². The fourth-order valence-corrected chi connectivity index (χ4v) is 2.62. The van der Waals surface area contributed by atoms with Gasteiger partial charge in [0.1, 0.15) is 0 Å². The van der Waals surface area contributed by atoms with Crippen molar-refractivity contribution in [3.05, 3.63) is 28.8 Å². The van der Waals surface area contributed by atoms with Crippen LogP contribution in [0.4, 0.5) is 5.69 Å². The van der Waals surface area contributed by atoms with Gasteiger partial charge >= 0.3 is 0 Å². The lowest BCUT2D eigenvalue weighted by atomic mass is 10.2. The smallest absolute Gasteiger partial charge is 0.0471 e. The molecule has 0 amide bonds. The molecule has 118 valence electrons. The van der Waals surface area contributed by atoms with Gasteiger partial charge in [-0.1, -0.05) is 24.6 Å². The van der Waals surface area contributed by atoms with Crippen molar-refractivity contribution >= 4 is 17.3 Å². The summed E-state index contributed by atoms with van der Waals surface area (Å²) in [6, 6.07) is 7.22. The second-order valence-electron chi connectivity index (χ2n) is 6.22. The van der Waals surface area contributed by atoms with E-state index in [1.807, 2.05) is 0 Å². The van der Waals surface area contributed by atoms with Gasteiger partial charge in [0.15, 0.2) is 0 Å². The molecule has 0 heterocycles. The maximum Gasteiger partial charge on any atom is 0.0471 e. The van der Waals surface area contributed by atoms with Crippen molar-refractivity contribution < 1.29 is 0 Å². The Hall–Kier alpha value is -0.770. The molecule has 1 aromatic rings. The molecule has 1 aliphatic rings. The molecule has 1 N–H and O–H groups in total. The summed E-state index contributed by atoms with van der Waals surface area (Å²) in [6.45, 7) is 6.27. The molecule has 1 fully saturated rings. The Morgan fingerprint density at radius 2 is 1.95 bits per heavy atom. The minimum atomic E-state index is 0.720. The van der Waals surface area contributed by atoms with Gasteiger partial charge < -0.3 is 15.1 Å². The predicted octanol–water partition coefficient (Wildman–Crippen LogP) is 3.37. The van der Waals surface area contributed by atoms with Crippen LogP contribution in [0.3, 0.4) is 0 Å². The molecule has 0 aromatic heterocycles. The lowest BCUT2D eigenvalue weighted by Gasteiger charge is -2.26. The monoisotopic (exact) mass is 309 g/mol. The summed E-state index contributed by atoms with van der Waals surface area (Å²) in [7, 11) is 4.23. The third kappa shape index (κ3) is 5.50. The lowest BCUT2D eigenvalue weighted by molar-refractivity contribution is 0.413. The zero-order chi connectivity index (χ0) is 15.2. The Balaban J connectivity index is 1.99. The Bertz CT molecular complexity index is 444. The maximum absolute atomic E-state index is 6.46. The highest BCUT2D eigenvalue weighted by atomic mass is 35.5. The largest absolute Gasteiger partial charge is 0.370 e. The van der Waals surface area contributed by atoms with E-state index in [-0.39, 0.29) is 0 Å². The fraction of sp³-hybridized carbons (Fsp3) is 0.647. The van der Waals surface area contributed by atoms with E-state index >= 15 is 0 Å². The third-order valence-corrected chi connectivity index (χ3v) is 4.22. The average Bonchev–Trinajstić information content (AvgIpc) is 3.26. The van der Waals surface area contributed by atoms with Gasteiger partial charge in [0, 0.05) is 42.9 Å². The van der Waals surface area contributed by atoms with E-state index in [0.717, 1.165) is 43.7 Å². The van der Waals surface area contributed by atoms with E-state index in [9.17, 15) is 0 Å². The Kier molecular flexibility index (Phi) is 6.34. The van der Waals surface area contributed by atoms with Crippen LogP contribution >= 0.6 is 11.6 Å². The molecular formula is C17H28ClN3. The first-order chi connectivity index (χ1) is 10.1. The maximum atomic E-state index is 6.46. The van der Waals surface area contributed by atoms with Gasteiger partial charge in [0.25, 0.3) is 0 Å². The molecule has 1 saturated carbocycles. The van der Waals surface area contributed by atoms with Crippen LogP contribution in [0, 0.1) is 0 Å². The quantitative estimate of drug-likeness (QED) is 0.754. The van der Waals surface area contributed by atoms with Crippen LogP contribution in [0.2, 0.25) is 5.02 Å². The van der Waals surface area contributed by atoms with Crippen LogP contribution in [-0.2, 0) is 6.54 Å². The molecule has 4 heteroatoms. The van der Waals surface area contributed by atoms with Crippen molar-refractivity contribution in [3.63, 3.8) is 0 Å². The minimum absolute atomic E-state index is 0.720. The molecule has 0 bridgehead atoms. The Morgan fingerprint density at radius 3 is 2.52 bits per heavy atom. The average molecular weight is 310 g/mol. The molecule has 0 radical (unpaired) electrons. The fourth-order valence-electron chi connectivity index (χ4n) is 2.38. The van der Waals surface area contributed by atoms with Crippen LogP contribution in [0.25, 0.3) is 0 Å². The number of benzene rings is 1. The second-order valence-corrected chi connectivity index (χ2v) is 6.63. The molecule has 0 aliphatic heterocycles. The third-order valence-electron chi connectivity index (χ3n) is 3.87. The van der Waals surface area contributed by atoms with Crippen molar-refractivity contribution in [2.45, 2.75) is 38.8 Å². The SMILES string of the molecule is CCCN(CCN(C)C)c1ccc(CNC2CC2)c(Cl)c1. The number of anilines is 1. The van der Waals surface area contributed by atoms with Crippen molar-refractivity contribution in [2.75, 3.05) is 38.6 Å². The number of nitrogens with zero attached hydrogens (tertiary/aromatic N) is 2. The van der Waals surface area contributed by atoms with Gasteiger partial charge in [-0.15, -0.1) is 0 Å². The van der Waals surface area contributed by atoms with E-state index in [1.165, 1.54) is 24.1 Å². The van der Waals surface area contributed by atoms with Crippen molar-refractivity contribution in [2.24, 2.45) is 0 Å². The highest BCUT2D eigenvalue weighted by molar-refractivity contribution is 6.31. The van der Waals surface area contributed by atoms with Crippen LogP contribution in [0.1, 0.15) is 31.7 Å². The Morgan fingerprint density at radius 1 is 1.19 bits per heavy atom. The van der Waals surface area contributed by atoms with Crippen LogP contribution in [0.15, 0.2) is 18.2 Å². The van der Waals surface area contributed by atoms with E-state index < -0.39 is 0 Å². The van der Waals surface area contributed by atoms with Crippen LogP contribution in [-0.4, -0.2) is 44.7 Å². The molecule has 2 rings (SSSR count). The van der Waals surface area contributed by atoms with E-state index in [2.05, 4.69) is 54.3 Å². The summed E-state index contributed by atoms with van der Waals surface area (Å²) < 4.78 is 0. The van der Waals surface area contributed by atoms with Gasteiger partial charge in [-0.3, -0.25) is 0 Å². The molecule has 1 aliphatic carbocycles. The number of halogens is 1. The predicted molar refractivity (Wildman–Crippen MR) is 92.4 cm³/mol.